The zero-order valence-electron chi connectivity index (χ0n) is 20.1. The van der Waals surface area contributed by atoms with Crippen LogP contribution >= 0.6 is 0 Å². The summed E-state index contributed by atoms with van der Waals surface area (Å²) in [5, 5.41) is 7.30. The number of hydrogen-bond donors (Lipinski definition) is 1. The minimum absolute atomic E-state index is 0.262. The van der Waals surface area contributed by atoms with Crippen LogP contribution in [-0.4, -0.2) is 16.2 Å². The predicted octanol–water partition coefficient (Wildman–Crippen LogP) is 6.37. The number of anilines is 1. The summed E-state index contributed by atoms with van der Waals surface area (Å²) in [6.45, 7) is 3.90. The van der Waals surface area contributed by atoms with Crippen molar-refractivity contribution in [3.8, 4) is 11.4 Å². The quantitative estimate of drug-likeness (QED) is 0.368. The fraction of sp³-hybridized carbons (Fsp3) is 0.207. The number of fused-ring (bicyclic) bond motifs is 1. The van der Waals surface area contributed by atoms with E-state index in [4.69, 9.17) is 9.51 Å². The van der Waals surface area contributed by atoms with Crippen LogP contribution in [0.5, 0.6) is 0 Å². The van der Waals surface area contributed by atoms with Gasteiger partial charge in [0.15, 0.2) is 0 Å². The highest BCUT2D eigenvalue weighted by atomic mass is 19.1. The third-order valence-corrected chi connectivity index (χ3v) is 6.99. The molecule has 1 aliphatic carbocycles. The Kier molecular flexibility index (Phi) is 5.40. The lowest BCUT2D eigenvalue weighted by atomic mass is 9.94. The molecule has 6 rings (SSSR count). The molecule has 0 spiro atoms. The number of urea groups is 1. The molecule has 1 aliphatic heterocycles. The molecule has 2 aliphatic rings. The van der Waals surface area contributed by atoms with E-state index in [0.717, 1.165) is 41.6 Å². The largest absolute Gasteiger partial charge is 0.334 e. The van der Waals surface area contributed by atoms with Gasteiger partial charge in [0.1, 0.15) is 5.82 Å². The van der Waals surface area contributed by atoms with Crippen molar-refractivity contribution in [1.82, 2.24) is 15.5 Å². The molecule has 0 bridgehead atoms. The van der Waals surface area contributed by atoms with Gasteiger partial charge in [-0.25, -0.2) is 9.18 Å². The Hall–Kier alpha value is -4.26. The van der Waals surface area contributed by atoms with E-state index in [9.17, 15) is 9.18 Å². The van der Waals surface area contributed by atoms with Gasteiger partial charge in [0, 0.05) is 11.3 Å². The Labute approximate surface area is 208 Å². The number of nitrogens with zero attached hydrogens (tertiary/aromatic N) is 3. The molecule has 7 heteroatoms. The number of benzene rings is 3. The molecule has 2 amide bonds. The van der Waals surface area contributed by atoms with E-state index in [-0.39, 0.29) is 11.8 Å². The summed E-state index contributed by atoms with van der Waals surface area (Å²) in [4.78, 5) is 19.8. The van der Waals surface area contributed by atoms with E-state index in [2.05, 4.69) is 22.6 Å². The number of hydrogen-bond acceptors (Lipinski definition) is 4. The predicted molar refractivity (Wildman–Crippen MR) is 136 cm³/mol. The van der Waals surface area contributed by atoms with Gasteiger partial charge in [-0.3, -0.25) is 4.90 Å². The van der Waals surface area contributed by atoms with Gasteiger partial charge in [0.25, 0.3) is 5.89 Å². The van der Waals surface area contributed by atoms with Crippen LogP contribution in [0.2, 0.25) is 0 Å². The number of aryl methyl sites for hydroxylation is 3. The fourth-order valence-corrected chi connectivity index (χ4v) is 5.09. The van der Waals surface area contributed by atoms with Crippen LogP contribution in [0, 0.1) is 12.7 Å². The molecule has 1 N–H and O–H groups in total. The second-order valence-corrected chi connectivity index (χ2v) is 9.36. The minimum atomic E-state index is -0.574. The smallest absolute Gasteiger partial charge is 0.326 e. The number of nitrogens with one attached hydrogen (secondary N) is 1. The van der Waals surface area contributed by atoms with Crippen molar-refractivity contribution in [2.45, 2.75) is 39.2 Å². The van der Waals surface area contributed by atoms with E-state index in [1.807, 2.05) is 44.2 Å². The number of amides is 2. The van der Waals surface area contributed by atoms with Gasteiger partial charge in [-0.2, -0.15) is 4.98 Å². The first-order valence-corrected chi connectivity index (χ1v) is 12.1. The van der Waals surface area contributed by atoms with Crippen LogP contribution < -0.4 is 10.2 Å². The monoisotopic (exact) mass is 480 g/mol. The highest BCUT2D eigenvalue weighted by Crippen LogP contribution is 2.40. The van der Waals surface area contributed by atoms with E-state index in [1.54, 1.807) is 17.0 Å². The van der Waals surface area contributed by atoms with Gasteiger partial charge in [-0.05, 0) is 74.1 Å². The van der Waals surface area contributed by atoms with Crippen molar-refractivity contribution >= 4 is 17.3 Å². The first kappa shape index (κ1) is 22.2. The molecule has 1 unspecified atom stereocenters. The van der Waals surface area contributed by atoms with Crippen molar-refractivity contribution < 1.29 is 13.7 Å². The van der Waals surface area contributed by atoms with Crippen LogP contribution in [0.4, 0.5) is 14.9 Å². The maximum absolute atomic E-state index is 13.7. The fourth-order valence-electron chi connectivity index (χ4n) is 5.09. The number of allylic oxidation sites excluding steroid dienone is 1. The van der Waals surface area contributed by atoms with Crippen LogP contribution in [0.1, 0.15) is 47.5 Å². The van der Waals surface area contributed by atoms with E-state index >= 15 is 0 Å². The summed E-state index contributed by atoms with van der Waals surface area (Å²) < 4.78 is 19.4. The first-order chi connectivity index (χ1) is 17.5. The van der Waals surface area contributed by atoms with E-state index < -0.39 is 6.04 Å². The minimum Gasteiger partial charge on any atom is -0.334 e. The molecule has 0 fully saturated rings. The van der Waals surface area contributed by atoms with Gasteiger partial charge < -0.3 is 9.84 Å². The molecule has 0 saturated heterocycles. The Morgan fingerprint density at radius 2 is 1.72 bits per heavy atom. The van der Waals surface area contributed by atoms with Gasteiger partial charge in [-0.15, -0.1) is 0 Å². The molecular weight excluding hydrogens is 455 g/mol. The Bertz CT molecular complexity index is 1490. The molecule has 180 valence electrons. The number of carbonyl (C=O) groups is 1. The van der Waals surface area contributed by atoms with Crippen molar-refractivity contribution in [1.29, 1.82) is 0 Å². The average molecular weight is 481 g/mol. The molecule has 1 aromatic heterocycles. The summed E-state index contributed by atoms with van der Waals surface area (Å²) >= 11 is 0. The SMILES string of the molecule is CC1=C(c2nc(-c3ccc(C)cc3)no2)C(c2ccc(F)cc2)NC(=O)N1c1ccc2c(c1)CCC2. The number of halogens is 1. The first-order valence-electron chi connectivity index (χ1n) is 12.1. The highest BCUT2D eigenvalue weighted by molar-refractivity contribution is 6.01. The van der Waals surface area contributed by atoms with Crippen LogP contribution in [0.3, 0.4) is 0 Å². The van der Waals surface area contributed by atoms with Crippen LogP contribution in [-0.2, 0) is 12.8 Å². The van der Waals surface area contributed by atoms with Gasteiger partial charge in [-0.1, -0.05) is 53.2 Å². The third kappa shape index (κ3) is 3.86. The van der Waals surface area contributed by atoms with Gasteiger partial charge in [0.05, 0.1) is 17.3 Å². The van der Waals surface area contributed by atoms with E-state index in [1.165, 1.54) is 23.3 Å². The van der Waals surface area contributed by atoms with Gasteiger partial charge >= 0.3 is 6.03 Å². The Morgan fingerprint density at radius 3 is 2.50 bits per heavy atom. The third-order valence-electron chi connectivity index (χ3n) is 6.99. The number of aromatic nitrogens is 2. The molecule has 4 aromatic rings. The summed E-state index contributed by atoms with van der Waals surface area (Å²) in [7, 11) is 0. The number of carbonyl (C=O) groups excluding carboxylic acids is 1. The second kappa shape index (κ2) is 8.75. The topological polar surface area (TPSA) is 71.3 Å². The molecule has 2 heterocycles. The van der Waals surface area contributed by atoms with Gasteiger partial charge in [0.2, 0.25) is 5.82 Å². The molecule has 6 nitrogen and oxygen atoms in total. The molecular formula is C29H25FN4O2. The highest BCUT2D eigenvalue weighted by Gasteiger charge is 2.36. The molecule has 36 heavy (non-hydrogen) atoms. The average Bonchev–Trinajstić information content (AvgIpc) is 3.54. The van der Waals surface area contributed by atoms with Crippen LogP contribution in [0.25, 0.3) is 17.0 Å². The second-order valence-electron chi connectivity index (χ2n) is 9.36. The molecule has 1 atom stereocenters. The summed E-state index contributed by atoms with van der Waals surface area (Å²) in [5.41, 5.74) is 7.45. The lowest BCUT2D eigenvalue weighted by Crippen LogP contribution is -2.46. The lowest BCUT2D eigenvalue weighted by Gasteiger charge is -2.35. The summed E-state index contributed by atoms with van der Waals surface area (Å²) in [6.07, 6.45) is 3.20. The number of rotatable bonds is 4. The van der Waals surface area contributed by atoms with Crippen molar-refractivity contribution in [3.05, 3.63) is 106 Å². The summed E-state index contributed by atoms with van der Waals surface area (Å²) in [5.74, 6) is 0.426. The maximum Gasteiger partial charge on any atom is 0.326 e. The summed E-state index contributed by atoms with van der Waals surface area (Å²) in [6, 6.07) is 19.3. The normalized spacial score (nSPS) is 17.4. The Balaban J connectivity index is 1.48. The van der Waals surface area contributed by atoms with E-state index in [0.29, 0.717) is 23.0 Å². The lowest BCUT2D eigenvalue weighted by molar-refractivity contribution is 0.244. The standard InChI is InChI=1S/C29H25FN4O2/c1-17-6-8-21(9-7-17)27-32-28(36-33-27)25-18(2)34(24-15-12-19-4-3-5-22(19)16-24)29(35)31-26(25)20-10-13-23(30)14-11-20/h6-16,26H,3-5H2,1-2H3,(H,31,35). The van der Waals surface area contributed by atoms with Crippen molar-refractivity contribution in [2.24, 2.45) is 0 Å². The molecule has 0 radical (unpaired) electrons. The molecule has 3 aromatic carbocycles. The van der Waals surface area contributed by atoms with Crippen molar-refractivity contribution in [2.75, 3.05) is 4.90 Å². The Morgan fingerprint density at radius 1 is 0.972 bits per heavy atom. The van der Waals surface area contributed by atoms with Crippen molar-refractivity contribution in [3.63, 3.8) is 0 Å². The molecule has 0 saturated carbocycles. The van der Waals surface area contributed by atoms with Crippen LogP contribution in [0.15, 0.2) is 77.0 Å². The zero-order valence-corrected chi connectivity index (χ0v) is 20.1. The zero-order chi connectivity index (χ0) is 24.8. The maximum atomic E-state index is 13.7.